The highest BCUT2D eigenvalue weighted by Gasteiger charge is 2.39. The number of hydrogen-bond acceptors (Lipinski definition) is 6. The topological polar surface area (TPSA) is 112 Å². The lowest BCUT2D eigenvalue weighted by Gasteiger charge is -2.33. The Hall–Kier alpha value is -3.70. The van der Waals surface area contributed by atoms with E-state index in [2.05, 4.69) is 16.7 Å². The molecular weight excluding hydrogens is 444 g/mol. The van der Waals surface area contributed by atoms with Crippen molar-refractivity contribution in [3.8, 4) is 11.8 Å². The molecule has 2 fully saturated rings. The minimum atomic E-state index is -0.622. The lowest BCUT2D eigenvalue weighted by atomic mass is 9.92. The number of nitriles is 1. The van der Waals surface area contributed by atoms with Gasteiger partial charge in [0.05, 0.1) is 11.6 Å². The number of hydrogen-bond donors (Lipinski definition) is 2. The predicted octanol–water partition coefficient (Wildman–Crippen LogP) is 2.80. The number of carbonyl (C=O) groups excluding carboxylic acids is 3. The summed E-state index contributed by atoms with van der Waals surface area (Å²) in [5.74, 6) is -0.167. The van der Waals surface area contributed by atoms with Crippen LogP contribution in [0.5, 0.6) is 5.75 Å². The second-order valence-electron chi connectivity index (χ2n) is 9.46. The number of nitrogens with one attached hydrogen (secondary N) is 2. The molecule has 2 aromatic carbocycles. The van der Waals surface area contributed by atoms with Gasteiger partial charge in [0.1, 0.15) is 17.9 Å². The quantitative estimate of drug-likeness (QED) is 0.626. The molecule has 8 nitrogen and oxygen atoms in total. The fourth-order valence-electron chi connectivity index (χ4n) is 5.27. The molecule has 180 valence electrons. The normalized spacial score (nSPS) is 24.0. The molecule has 0 spiro atoms. The third-order valence-corrected chi connectivity index (χ3v) is 7.11. The van der Waals surface area contributed by atoms with E-state index in [-0.39, 0.29) is 30.4 Å². The van der Waals surface area contributed by atoms with Crippen LogP contribution in [-0.4, -0.2) is 40.8 Å². The van der Waals surface area contributed by atoms with Crippen LogP contribution in [0.15, 0.2) is 42.5 Å². The number of piperidine rings is 1. The van der Waals surface area contributed by atoms with Gasteiger partial charge in [-0.2, -0.15) is 5.26 Å². The van der Waals surface area contributed by atoms with Crippen LogP contribution >= 0.6 is 0 Å². The monoisotopic (exact) mass is 472 g/mol. The minimum Gasteiger partial charge on any atom is -0.489 e. The van der Waals surface area contributed by atoms with Crippen molar-refractivity contribution < 1.29 is 19.1 Å². The van der Waals surface area contributed by atoms with Crippen molar-refractivity contribution >= 4 is 17.7 Å². The van der Waals surface area contributed by atoms with Gasteiger partial charge in [-0.05, 0) is 67.1 Å². The van der Waals surface area contributed by atoms with E-state index >= 15 is 0 Å². The number of nitrogens with zero attached hydrogens (tertiary/aromatic N) is 2. The molecule has 1 saturated carbocycles. The zero-order valence-corrected chi connectivity index (χ0v) is 19.5. The van der Waals surface area contributed by atoms with Crippen LogP contribution in [0.2, 0.25) is 0 Å². The molecule has 2 aliphatic heterocycles. The number of imide groups is 1. The first kappa shape index (κ1) is 23.1. The van der Waals surface area contributed by atoms with E-state index in [0.717, 1.165) is 36.8 Å². The van der Waals surface area contributed by atoms with Crippen molar-refractivity contribution in [2.45, 2.75) is 69.8 Å². The average molecular weight is 473 g/mol. The lowest BCUT2D eigenvalue weighted by Crippen LogP contribution is -2.52. The molecule has 3 atom stereocenters. The van der Waals surface area contributed by atoms with Crippen LogP contribution in [0.4, 0.5) is 0 Å². The Morgan fingerprint density at radius 3 is 2.77 bits per heavy atom. The zero-order chi connectivity index (χ0) is 24.4. The molecule has 35 heavy (non-hydrogen) atoms. The second-order valence-corrected chi connectivity index (χ2v) is 9.46. The largest absolute Gasteiger partial charge is 0.489 e. The Balaban J connectivity index is 1.25. The van der Waals surface area contributed by atoms with Crippen molar-refractivity contribution in [2.24, 2.45) is 0 Å². The summed E-state index contributed by atoms with van der Waals surface area (Å²) >= 11 is 0. The highest BCUT2D eigenvalue weighted by atomic mass is 16.5. The van der Waals surface area contributed by atoms with Crippen molar-refractivity contribution in [3.05, 3.63) is 64.7 Å². The Morgan fingerprint density at radius 1 is 1.09 bits per heavy atom. The van der Waals surface area contributed by atoms with Gasteiger partial charge < -0.3 is 15.0 Å². The molecule has 2 N–H and O–H groups in total. The van der Waals surface area contributed by atoms with Crippen LogP contribution in [0, 0.1) is 11.3 Å². The number of ether oxygens (including phenoxy) is 1. The summed E-state index contributed by atoms with van der Waals surface area (Å²) in [5.41, 5.74) is 3.14. The Bertz CT molecular complexity index is 1200. The molecule has 2 aromatic rings. The molecule has 1 saturated heterocycles. The Morgan fingerprint density at radius 2 is 1.94 bits per heavy atom. The van der Waals surface area contributed by atoms with Gasteiger partial charge in [-0.25, -0.2) is 0 Å². The highest BCUT2D eigenvalue weighted by Crippen LogP contribution is 2.32. The van der Waals surface area contributed by atoms with E-state index in [1.54, 1.807) is 17.0 Å². The summed E-state index contributed by atoms with van der Waals surface area (Å²) in [6, 6.07) is 14.9. The fourth-order valence-corrected chi connectivity index (χ4v) is 5.27. The van der Waals surface area contributed by atoms with Crippen molar-refractivity contribution in [1.82, 2.24) is 15.5 Å². The molecule has 3 unspecified atom stereocenters. The van der Waals surface area contributed by atoms with E-state index in [4.69, 9.17) is 10.00 Å². The standard InChI is InChI=1S/C27H28N4O4/c28-14-17-4-3-5-18(12-17)15-29-22-6-1-2-7-24(22)35-20-8-9-21-19(13-20)16-31(27(21)34)23-10-11-25(32)30-26(23)33/h3-5,8-9,12-13,22-24,29H,1-2,6-7,10-11,15-16H2,(H,30,32,33). The van der Waals surface area contributed by atoms with Gasteiger partial charge in [-0.1, -0.05) is 18.6 Å². The van der Waals surface area contributed by atoms with Crippen molar-refractivity contribution in [3.63, 3.8) is 0 Å². The highest BCUT2D eigenvalue weighted by molar-refractivity contribution is 6.05. The first-order valence-electron chi connectivity index (χ1n) is 12.2. The summed E-state index contributed by atoms with van der Waals surface area (Å²) in [6.07, 6.45) is 4.77. The average Bonchev–Trinajstić information content (AvgIpc) is 3.19. The number of fused-ring (bicyclic) bond motifs is 1. The molecular formula is C27H28N4O4. The Labute approximate surface area is 204 Å². The third kappa shape index (κ3) is 4.91. The van der Waals surface area contributed by atoms with Gasteiger partial charge in [0.15, 0.2) is 0 Å². The van der Waals surface area contributed by atoms with Crippen LogP contribution in [-0.2, 0) is 22.7 Å². The van der Waals surface area contributed by atoms with E-state index < -0.39 is 11.9 Å². The number of amides is 3. The molecule has 2 heterocycles. The number of benzene rings is 2. The first-order valence-corrected chi connectivity index (χ1v) is 12.2. The maximum Gasteiger partial charge on any atom is 0.255 e. The van der Waals surface area contributed by atoms with Crippen molar-refractivity contribution in [1.29, 1.82) is 5.26 Å². The molecule has 0 bridgehead atoms. The number of rotatable bonds is 6. The maximum atomic E-state index is 12.9. The molecule has 0 radical (unpaired) electrons. The molecule has 0 aromatic heterocycles. The SMILES string of the molecule is N#Cc1cccc(CNC2CCCCC2Oc2ccc3c(c2)CN(C2CCC(=O)NC2=O)C3=O)c1. The van der Waals surface area contributed by atoms with Crippen LogP contribution in [0.3, 0.4) is 0 Å². The van der Waals surface area contributed by atoms with E-state index in [9.17, 15) is 14.4 Å². The smallest absolute Gasteiger partial charge is 0.255 e. The van der Waals surface area contributed by atoms with Crippen LogP contribution in [0.25, 0.3) is 0 Å². The second kappa shape index (κ2) is 9.88. The first-order chi connectivity index (χ1) is 17.0. The lowest BCUT2D eigenvalue weighted by molar-refractivity contribution is -0.136. The van der Waals surface area contributed by atoms with Crippen LogP contribution in [0.1, 0.15) is 65.6 Å². The molecule has 3 amide bonds. The predicted molar refractivity (Wildman–Crippen MR) is 127 cm³/mol. The zero-order valence-electron chi connectivity index (χ0n) is 19.5. The fraction of sp³-hybridized carbons (Fsp3) is 0.407. The minimum absolute atomic E-state index is 0.00397. The van der Waals surface area contributed by atoms with Crippen molar-refractivity contribution in [2.75, 3.05) is 0 Å². The van der Waals surface area contributed by atoms with E-state index in [1.165, 1.54) is 0 Å². The van der Waals surface area contributed by atoms with Gasteiger partial charge in [-0.3, -0.25) is 19.7 Å². The van der Waals surface area contributed by atoms with Crippen LogP contribution < -0.4 is 15.4 Å². The molecule has 3 aliphatic rings. The summed E-state index contributed by atoms with van der Waals surface area (Å²) in [7, 11) is 0. The Kier molecular flexibility index (Phi) is 6.51. The van der Waals surface area contributed by atoms with Gasteiger partial charge in [0.2, 0.25) is 11.8 Å². The van der Waals surface area contributed by atoms with Gasteiger partial charge in [-0.15, -0.1) is 0 Å². The molecule has 5 rings (SSSR count). The number of carbonyl (C=O) groups is 3. The summed E-state index contributed by atoms with van der Waals surface area (Å²) in [5, 5.41) is 15.1. The molecule has 8 heteroatoms. The van der Waals surface area contributed by atoms with Gasteiger partial charge in [0, 0.05) is 31.1 Å². The summed E-state index contributed by atoms with van der Waals surface area (Å²) < 4.78 is 6.41. The van der Waals surface area contributed by atoms with Gasteiger partial charge in [0.25, 0.3) is 5.91 Å². The third-order valence-electron chi connectivity index (χ3n) is 7.11. The van der Waals surface area contributed by atoms with E-state index in [0.29, 0.717) is 36.4 Å². The molecule has 1 aliphatic carbocycles. The maximum absolute atomic E-state index is 12.9. The summed E-state index contributed by atoms with van der Waals surface area (Å²) in [4.78, 5) is 38.2. The summed E-state index contributed by atoms with van der Waals surface area (Å²) in [6.45, 7) is 0.999. The van der Waals surface area contributed by atoms with Gasteiger partial charge >= 0.3 is 0 Å². The van der Waals surface area contributed by atoms with E-state index in [1.807, 2.05) is 30.3 Å².